The highest BCUT2D eigenvalue weighted by Gasteiger charge is 2.70. The Morgan fingerprint density at radius 3 is 1.92 bits per heavy atom. The fourth-order valence-corrected chi connectivity index (χ4v) is 14.8. The summed E-state index contributed by atoms with van der Waals surface area (Å²) in [7, 11) is 0. The molecule has 8 aliphatic rings. The number of ether oxygens (including phenoxy) is 6. The van der Waals surface area contributed by atoms with Gasteiger partial charge in [0.05, 0.1) is 32.0 Å². The standard InChI is InChI=1S/C47H78O16/c1-42(2)15-16-44(5)23(17-42)22-9-10-28-45(6)13-12-30(43(3,4)27(45)11-14-46(28,7)47(22,8)18-29(44)51)61-41-38(63-40-36(57)34(55)32(53)25(19-48)59-40)37(33(54)26(20-49)60-41)62-39-35(56)31(52)24(50)21-58-39/h9,23-41,48-57H,10-21H2,1-8H3/t23-,24-,25+,26+,27-,28+,29-,30-,31-,32+,33+,34-,35+,36+,37-,38+,39-,40-,41-,44-,45-,46+,47+/m0/s1. The third-order valence-electron chi connectivity index (χ3n) is 19.1. The largest absolute Gasteiger partial charge is 0.394 e. The molecule has 0 spiro atoms. The topological polar surface area (TPSA) is 258 Å². The Balaban J connectivity index is 1.09. The second-order valence-electron chi connectivity index (χ2n) is 23.3. The molecule has 3 aliphatic heterocycles. The molecule has 362 valence electrons. The van der Waals surface area contributed by atoms with E-state index < -0.39 is 117 Å². The van der Waals surface area contributed by atoms with Gasteiger partial charge in [-0.1, -0.05) is 67.0 Å². The van der Waals surface area contributed by atoms with Crippen LogP contribution < -0.4 is 0 Å². The molecule has 0 amide bonds. The molecule has 3 saturated heterocycles. The van der Waals surface area contributed by atoms with Crippen molar-refractivity contribution in [3.8, 4) is 0 Å². The monoisotopic (exact) mass is 899 g/mol. The summed E-state index contributed by atoms with van der Waals surface area (Å²) in [5.41, 5.74) is 0.850. The fourth-order valence-electron chi connectivity index (χ4n) is 14.8. The van der Waals surface area contributed by atoms with E-state index in [9.17, 15) is 51.1 Å². The van der Waals surface area contributed by atoms with Crippen LogP contribution in [0.4, 0.5) is 0 Å². The first-order chi connectivity index (χ1) is 29.4. The summed E-state index contributed by atoms with van der Waals surface area (Å²) in [5.74, 6) is 0.860. The van der Waals surface area contributed by atoms with Crippen LogP contribution in [0, 0.1) is 50.2 Å². The normalized spacial score (nSPS) is 55.4. The quantitative estimate of drug-likeness (QED) is 0.122. The van der Waals surface area contributed by atoms with Gasteiger partial charge in [-0.2, -0.15) is 0 Å². The summed E-state index contributed by atoms with van der Waals surface area (Å²) >= 11 is 0. The summed E-state index contributed by atoms with van der Waals surface area (Å²) in [6.07, 6.45) is -12.2. The third kappa shape index (κ3) is 7.64. The van der Waals surface area contributed by atoms with Gasteiger partial charge in [-0.05, 0) is 103 Å². The fraction of sp³-hybridized carbons (Fsp3) is 0.957. The van der Waals surface area contributed by atoms with E-state index in [1.54, 1.807) is 5.57 Å². The Morgan fingerprint density at radius 2 is 1.24 bits per heavy atom. The molecular formula is C47H78O16. The second-order valence-corrected chi connectivity index (χ2v) is 23.3. The van der Waals surface area contributed by atoms with Gasteiger partial charge >= 0.3 is 0 Å². The van der Waals surface area contributed by atoms with Crippen molar-refractivity contribution >= 4 is 0 Å². The maximum Gasteiger partial charge on any atom is 0.187 e. The molecule has 0 aromatic carbocycles. The lowest BCUT2D eigenvalue weighted by Gasteiger charge is -2.72. The Labute approximate surface area is 371 Å². The van der Waals surface area contributed by atoms with Crippen LogP contribution in [-0.2, 0) is 28.4 Å². The van der Waals surface area contributed by atoms with Crippen molar-refractivity contribution in [2.75, 3.05) is 19.8 Å². The van der Waals surface area contributed by atoms with Gasteiger partial charge in [0.2, 0.25) is 0 Å². The van der Waals surface area contributed by atoms with E-state index in [2.05, 4.69) is 61.5 Å². The van der Waals surface area contributed by atoms with E-state index in [0.29, 0.717) is 18.3 Å². The summed E-state index contributed by atoms with van der Waals surface area (Å²) < 4.78 is 37.0. The van der Waals surface area contributed by atoms with Crippen LogP contribution in [0.3, 0.4) is 0 Å². The number of allylic oxidation sites excluding steroid dienone is 2. The van der Waals surface area contributed by atoms with Gasteiger partial charge in [0.25, 0.3) is 0 Å². The first-order valence-electron chi connectivity index (χ1n) is 23.6. The van der Waals surface area contributed by atoms with Crippen LogP contribution >= 0.6 is 0 Å². The molecule has 3 heterocycles. The van der Waals surface area contributed by atoms with E-state index in [0.717, 1.165) is 51.4 Å². The molecule has 10 N–H and O–H groups in total. The van der Waals surface area contributed by atoms with Gasteiger partial charge in [0, 0.05) is 5.41 Å². The van der Waals surface area contributed by atoms with Gasteiger partial charge < -0.3 is 79.5 Å². The average Bonchev–Trinajstić information content (AvgIpc) is 3.22. The Hall–Kier alpha value is -0.900. The highest BCUT2D eigenvalue weighted by molar-refractivity contribution is 5.34. The molecule has 5 aliphatic carbocycles. The molecule has 0 radical (unpaired) electrons. The minimum Gasteiger partial charge on any atom is -0.394 e. The molecule has 16 heteroatoms. The Morgan fingerprint density at radius 1 is 0.603 bits per heavy atom. The maximum absolute atomic E-state index is 12.1. The van der Waals surface area contributed by atoms with E-state index in [1.807, 2.05) is 0 Å². The van der Waals surface area contributed by atoms with Crippen molar-refractivity contribution in [2.24, 2.45) is 50.2 Å². The van der Waals surface area contributed by atoms with Crippen LogP contribution in [0.2, 0.25) is 0 Å². The van der Waals surface area contributed by atoms with Crippen molar-refractivity contribution in [1.29, 1.82) is 0 Å². The molecule has 0 bridgehead atoms. The average molecular weight is 899 g/mol. The van der Waals surface area contributed by atoms with Crippen LogP contribution in [0.25, 0.3) is 0 Å². The van der Waals surface area contributed by atoms with E-state index in [1.165, 1.54) is 0 Å². The van der Waals surface area contributed by atoms with Gasteiger partial charge in [-0.15, -0.1) is 0 Å². The maximum atomic E-state index is 12.1. The lowest BCUT2D eigenvalue weighted by atomic mass is 9.33. The predicted molar refractivity (Wildman–Crippen MR) is 224 cm³/mol. The number of aliphatic hydroxyl groups is 10. The highest BCUT2D eigenvalue weighted by Crippen LogP contribution is 2.76. The first kappa shape index (κ1) is 48.6. The predicted octanol–water partition coefficient (Wildman–Crippen LogP) is 1.25. The molecule has 7 fully saturated rings. The van der Waals surface area contributed by atoms with Gasteiger partial charge in [-0.25, -0.2) is 0 Å². The van der Waals surface area contributed by atoms with Crippen molar-refractivity contribution < 1.29 is 79.5 Å². The number of fused-ring (bicyclic) bond motifs is 7. The van der Waals surface area contributed by atoms with E-state index in [4.69, 9.17) is 28.4 Å². The SMILES string of the molecule is CC1(C)CC[C@]2(C)[C@@H](O)C[C@]3(C)C(=CC[C@@H]4[C@@]5(C)CC[C@H](O[C@@H]6O[C@H](CO)[C@@H](O)[C@H](O[C@@H]7OC[C@H](O)[C@H](O)[C@H]7O)[C@H]6O[C@@H]6O[C@H](CO)[C@@H](O)[C@H](O)[C@H]6O)C(C)(C)[C@@H]5CC[C@]43C)[C@@H]2C1. The molecule has 23 atom stereocenters. The Kier molecular flexibility index (Phi) is 13.1. The van der Waals surface area contributed by atoms with Crippen molar-refractivity contribution in [3.05, 3.63) is 11.6 Å². The zero-order valence-corrected chi connectivity index (χ0v) is 38.5. The minimum atomic E-state index is -1.84. The summed E-state index contributed by atoms with van der Waals surface area (Å²) in [4.78, 5) is 0. The lowest BCUT2D eigenvalue weighted by molar-refractivity contribution is -0.396. The summed E-state index contributed by atoms with van der Waals surface area (Å²) in [5, 5.41) is 108. The molecule has 16 nitrogen and oxygen atoms in total. The first-order valence-corrected chi connectivity index (χ1v) is 23.6. The number of aliphatic hydroxyl groups excluding tert-OH is 10. The highest BCUT2D eigenvalue weighted by atomic mass is 16.8. The Bertz CT molecular complexity index is 1680. The number of rotatable bonds is 8. The van der Waals surface area contributed by atoms with Crippen LogP contribution in [0.15, 0.2) is 11.6 Å². The molecule has 0 aromatic rings. The molecule has 8 rings (SSSR count). The van der Waals surface area contributed by atoms with Crippen LogP contribution in [0.1, 0.15) is 113 Å². The molecule has 63 heavy (non-hydrogen) atoms. The van der Waals surface area contributed by atoms with Gasteiger partial charge in [0.15, 0.2) is 18.9 Å². The molecule has 0 aromatic heterocycles. The molecule has 4 saturated carbocycles. The van der Waals surface area contributed by atoms with Gasteiger partial charge in [-0.3, -0.25) is 0 Å². The van der Waals surface area contributed by atoms with Crippen LogP contribution in [-0.4, -0.2) is 169 Å². The minimum absolute atomic E-state index is 0.0583. The van der Waals surface area contributed by atoms with Crippen molar-refractivity contribution in [2.45, 2.75) is 211 Å². The molecule has 0 unspecified atom stereocenters. The third-order valence-corrected chi connectivity index (χ3v) is 19.1. The van der Waals surface area contributed by atoms with Crippen LogP contribution in [0.5, 0.6) is 0 Å². The van der Waals surface area contributed by atoms with E-state index in [-0.39, 0.29) is 39.1 Å². The van der Waals surface area contributed by atoms with Gasteiger partial charge in [0.1, 0.15) is 67.1 Å². The zero-order chi connectivity index (χ0) is 46.0. The second kappa shape index (κ2) is 17.0. The summed E-state index contributed by atoms with van der Waals surface area (Å²) in [6, 6.07) is 0. The summed E-state index contributed by atoms with van der Waals surface area (Å²) in [6.45, 7) is 17.1. The van der Waals surface area contributed by atoms with E-state index >= 15 is 0 Å². The lowest BCUT2D eigenvalue weighted by Crippen LogP contribution is -2.68. The smallest absolute Gasteiger partial charge is 0.187 e. The zero-order valence-electron chi connectivity index (χ0n) is 38.5. The van der Waals surface area contributed by atoms with Crippen molar-refractivity contribution in [1.82, 2.24) is 0 Å². The number of hydrogen-bond donors (Lipinski definition) is 10. The number of hydrogen-bond acceptors (Lipinski definition) is 16. The molecular weight excluding hydrogens is 821 g/mol. The van der Waals surface area contributed by atoms with Crippen molar-refractivity contribution in [3.63, 3.8) is 0 Å².